The Morgan fingerprint density at radius 1 is 1.09 bits per heavy atom. The molecule has 0 aliphatic carbocycles. The summed E-state index contributed by atoms with van der Waals surface area (Å²) < 4.78 is 43.2. The van der Waals surface area contributed by atoms with Crippen LogP contribution in [0.15, 0.2) is 47.6 Å². The number of hydrogen-bond donors (Lipinski definition) is 0. The van der Waals surface area contributed by atoms with Crippen LogP contribution < -0.4 is 4.90 Å². The lowest BCUT2D eigenvalue weighted by atomic mass is 10.0. The molecular weight excluding hydrogens is 471 g/mol. The van der Waals surface area contributed by atoms with Crippen molar-refractivity contribution in [2.75, 3.05) is 4.90 Å². The van der Waals surface area contributed by atoms with Gasteiger partial charge in [0.25, 0.3) is 5.91 Å². The van der Waals surface area contributed by atoms with Crippen LogP contribution in [0.1, 0.15) is 50.5 Å². The van der Waals surface area contributed by atoms with Gasteiger partial charge in [-0.15, -0.1) is 0 Å². The highest BCUT2D eigenvalue weighted by Gasteiger charge is 2.52. The summed E-state index contributed by atoms with van der Waals surface area (Å²) >= 11 is -0.285. The molecule has 0 atom stereocenters. The van der Waals surface area contributed by atoms with Gasteiger partial charge < -0.3 is 9.64 Å². The molecule has 7 nitrogen and oxygen atoms in total. The van der Waals surface area contributed by atoms with Crippen LogP contribution in [-0.4, -0.2) is 44.4 Å². The minimum Gasteiger partial charge on any atom is -0.456 e. The average Bonchev–Trinajstić information content (AvgIpc) is 2.86. The number of halogens is 3. The van der Waals surface area contributed by atoms with Gasteiger partial charge in [-0.25, -0.2) is 14.5 Å². The van der Waals surface area contributed by atoms with Gasteiger partial charge in [0.1, 0.15) is 11.1 Å². The van der Waals surface area contributed by atoms with Crippen LogP contribution in [0.5, 0.6) is 0 Å². The van der Waals surface area contributed by atoms with E-state index in [1.54, 1.807) is 40.7 Å². The molecule has 0 radical (unpaired) electrons. The van der Waals surface area contributed by atoms with Gasteiger partial charge in [-0.1, -0.05) is 0 Å². The molecule has 0 unspecified atom stereocenters. The molecule has 0 bridgehead atoms. The molecule has 3 rings (SSSR count). The molecule has 2 aromatic rings. The smallest absolute Gasteiger partial charge is 0.446 e. The fraction of sp³-hybridized carbons (Fsp3) is 0.391. The Labute approximate surface area is 199 Å². The zero-order valence-corrected chi connectivity index (χ0v) is 20.1. The molecule has 1 aliphatic heterocycles. The van der Waals surface area contributed by atoms with E-state index in [2.05, 4.69) is 4.98 Å². The number of aromatic nitrogens is 1. The Morgan fingerprint density at radius 2 is 1.71 bits per heavy atom. The van der Waals surface area contributed by atoms with E-state index in [4.69, 9.17) is 4.74 Å². The Hall–Kier alpha value is -3.08. The van der Waals surface area contributed by atoms with Crippen molar-refractivity contribution < 1.29 is 32.3 Å². The molecule has 1 aromatic heterocycles. The van der Waals surface area contributed by atoms with Crippen LogP contribution in [0.25, 0.3) is 0 Å². The number of benzene rings is 1. The summed E-state index contributed by atoms with van der Waals surface area (Å²) in [7, 11) is 0. The lowest BCUT2D eigenvalue weighted by Gasteiger charge is -2.28. The largest absolute Gasteiger partial charge is 0.456 e. The first-order valence-corrected chi connectivity index (χ1v) is 11.1. The monoisotopic (exact) mass is 495 g/mol. The van der Waals surface area contributed by atoms with E-state index in [0.717, 1.165) is 4.90 Å². The normalized spacial score (nSPS) is 16.2. The van der Waals surface area contributed by atoms with Crippen LogP contribution >= 0.6 is 11.8 Å². The Kier molecular flexibility index (Phi) is 6.71. The number of ether oxygens (including phenoxy) is 1. The van der Waals surface area contributed by atoms with Crippen molar-refractivity contribution in [1.29, 1.82) is 0 Å². The molecule has 182 valence electrons. The number of carbonyl (C=O) groups excluding carboxylic acids is 3. The second-order valence-electron chi connectivity index (χ2n) is 9.14. The van der Waals surface area contributed by atoms with E-state index >= 15 is 0 Å². The van der Waals surface area contributed by atoms with Gasteiger partial charge in [0.2, 0.25) is 0 Å². The van der Waals surface area contributed by atoms with E-state index in [-0.39, 0.29) is 34.5 Å². The summed E-state index contributed by atoms with van der Waals surface area (Å²) in [6.45, 7) is 8.23. The maximum atomic E-state index is 13.3. The van der Waals surface area contributed by atoms with Crippen molar-refractivity contribution in [2.45, 2.75) is 62.7 Å². The van der Waals surface area contributed by atoms with E-state index < -0.39 is 34.6 Å². The van der Waals surface area contributed by atoms with E-state index in [0.29, 0.717) is 5.56 Å². The average molecular weight is 496 g/mol. The second-order valence-corrected chi connectivity index (χ2v) is 10.3. The predicted molar refractivity (Wildman–Crippen MR) is 120 cm³/mol. The van der Waals surface area contributed by atoms with Gasteiger partial charge in [-0.05, 0) is 82.3 Å². The summed E-state index contributed by atoms with van der Waals surface area (Å²) in [5.74, 6) is -1.15. The summed E-state index contributed by atoms with van der Waals surface area (Å²) in [6.07, 6.45) is 2.81. The van der Waals surface area contributed by atoms with Gasteiger partial charge in [0.05, 0.1) is 11.3 Å². The summed E-state index contributed by atoms with van der Waals surface area (Å²) in [4.78, 5) is 45.2. The number of alkyl halides is 3. The van der Waals surface area contributed by atoms with E-state index in [1.165, 1.54) is 41.6 Å². The number of hydrogen-bond acceptors (Lipinski definition) is 6. The third-order valence-corrected chi connectivity index (χ3v) is 5.75. The molecule has 1 aliphatic rings. The first-order valence-electron chi connectivity index (χ1n) is 10.3. The standard InChI is InChI=1S/C23H24F3N3O4S/c1-21(2,3)33-18(30)17-12-27-11-10-14(17)13-28-20(32)29(19(31)22(28,4)5)15-6-8-16(9-7-15)34-23(24,25)26/h6-12H,13H2,1-5H3. The van der Waals surface area contributed by atoms with Crippen molar-refractivity contribution in [3.8, 4) is 0 Å². The molecule has 3 amide bonds. The third-order valence-electron chi connectivity index (χ3n) is 5.01. The Balaban J connectivity index is 1.89. The second kappa shape index (κ2) is 8.94. The SMILES string of the molecule is CC(C)(C)OC(=O)c1cnccc1CN1C(=O)N(c2ccc(SC(F)(F)F)cc2)C(=O)C1(C)C. The molecule has 0 spiro atoms. The van der Waals surface area contributed by atoms with Crippen molar-refractivity contribution in [2.24, 2.45) is 0 Å². The minimum absolute atomic E-state index is 0.0646. The molecule has 34 heavy (non-hydrogen) atoms. The first-order chi connectivity index (χ1) is 15.6. The van der Waals surface area contributed by atoms with Crippen LogP contribution in [0.4, 0.5) is 23.7 Å². The molecule has 0 saturated carbocycles. The summed E-state index contributed by atoms with van der Waals surface area (Å²) in [5.41, 5.74) is -5.70. The van der Waals surface area contributed by atoms with Crippen LogP contribution in [0.3, 0.4) is 0 Å². The number of imide groups is 1. The maximum Gasteiger partial charge on any atom is 0.446 e. The molecular formula is C23H24F3N3O4S. The van der Waals surface area contributed by atoms with Crippen LogP contribution in [0.2, 0.25) is 0 Å². The van der Waals surface area contributed by atoms with Gasteiger partial charge in [-0.2, -0.15) is 13.2 Å². The molecule has 1 saturated heterocycles. The molecule has 0 N–H and O–H groups in total. The van der Waals surface area contributed by atoms with Gasteiger partial charge in [-0.3, -0.25) is 9.78 Å². The number of thioether (sulfide) groups is 1. The molecule has 1 fully saturated rings. The number of pyridine rings is 1. The zero-order chi connectivity index (χ0) is 25.5. The number of amides is 3. The number of rotatable bonds is 5. The van der Waals surface area contributed by atoms with Crippen LogP contribution in [0, 0.1) is 0 Å². The van der Waals surface area contributed by atoms with E-state index in [9.17, 15) is 27.6 Å². The number of esters is 1. The highest BCUT2D eigenvalue weighted by Crippen LogP contribution is 2.39. The van der Waals surface area contributed by atoms with E-state index in [1.807, 2.05) is 0 Å². The van der Waals surface area contributed by atoms with Crippen molar-refractivity contribution in [3.05, 3.63) is 53.9 Å². The Morgan fingerprint density at radius 3 is 2.26 bits per heavy atom. The van der Waals surface area contributed by atoms with Crippen molar-refractivity contribution in [3.63, 3.8) is 0 Å². The molecule has 1 aromatic carbocycles. The highest BCUT2D eigenvalue weighted by molar-refractivity contribution is 8.00. The zero-order valence-electron chi connectivity index (χ0n) is 19.3. The fourth-order valence-electron chi connectivity index (χ4n) is 3.37. The molecule has 11 heteroatoms. The van der Waals surface area contributed by atoms with Gasteiger partial charge in [0.15, 0.2) is 0 Å². The fourth-order valence-corrected chi connectivity index (χ4v) is 3.91. The lowest BCUT2D eigenvalue weighted by molar-refractivity contribution is -0.123. The summed E-state index contributed by atoms with van der Waals surface area (Å²) in [6, 6.07) is 5.90. The molecule has 2 heterocycles. The number of carbonyl (C=O) groups is 3. The number of anilines is 1. The topological polar surface area (TPSA) is 79.8 Å². The Bertz CT molecular complexity index is 1110. The number of nitrogens with zero attached hydrogens (tertiary/aromatic N) is 3. The lowest BCUT2D eigenvalue weighted by Crippen LogP contribution is -2.44. The minimum atomic E-state index is -4.45. The quantitative estimate of drug-likeness (QED) is 0.314. The number of urea groups is 1. The van der Waals surface area contributed by atoms with Gasteiger partial charge >= 0.3 is 17.5 Å². The third kappa shape index (κ3) is 5.52. The highest BCUT2D eigenvalue weighted by atomic mass is 32.2. The van der Waals surface area contributed by atoms with Crippen LogP contribution in [-0.2, 0) is 16.1 Å². The first kappa shape index (κ1) is 25.5. The van der Waals surface area contributed by atoms with Crippen molar-refractivity contribution >= 4 is 35.4 Å². The summed E-state index contributed by atoms with van der Waals surface area (Å²) in [5, 5.41) is 0. The predicted octanol–water partition coefficient (Wildman–Crippen LogP) is 5.40. The maximum absolute atomic E-state index is 13.3. The van der Waals surface area contributed by atoms with Gasteiger partial charge in [0, 0.05) is 23.8 Å². The van der Waals surface area contributed by atoms with Crippen molar-refractivity contribution in [1.82, 2.24) is 9.88 Å².